The SMILES string of the molecule is Cc1ccc(S(=O)(=O)N2CCOCC2)cc1NC(=O)C1CCN(C(=O)c2ccoc2)CC1. The maximum Gasteiger partial charge on any atom is 0.257 e. The summed E-state index contributed by atoms with van der Waals surface area (Å²) in [5.74, 6) is -0.513. The third-order valence-corrected chi connectivity index (χ3v) is 7.89. The molecule has 32 heavy (non-hydrogen) atoms. The number of nitrogens with zero attached hydrogens (tertiary/aromatic N) is 2. The van der Waals surface area contributed by atoms with Crippen LogP contribution in [0.5, 0.6) is 0 Å². The van der Waals surface area contributed by atoms with Crippen LogP contribution in [0.3, 0.4) is 0 Å². The molecule has 2 amide bonds. The molecule has 1 aromatic carbocycles. The second kappa shape index (κ2) is 9.43. The molecule has 0 saturated carbocycles. The van der Waals surface area contributed by atoms with Gasteiger partial charge in [-0.25, -0.2) is 8.42 Å². The second-order valence-corrected chi connectivity index (χ2v) is 10.00. The maximum absolute atomic E-state index is 12.9. The lowest BCUT2D eigenvalue weighted by Gasteiger charge is -2.31. The highest BCUT2D eigenvalue weighted by Crippen LogP contribution is 2.26. The Morgan fingerprint density at radius 1 is 1.06 bits per heavy atom. The van der Waals surface area contributed by atoms with Crippen LogP contribution in [0.2, 0.25) is 0 Å². The summed E-state index contributed by atoms with van der Waals surface area (Å²) in [7, 11) is -3.65. The number of anilines is 1. The number of ether oxygens (including phenoxy) is 1. The number of likely N-dealkylation sites (tertiary alicyclic amines) is 1. The van der Waals surface area contributed by atoms with E-state index in [-0.39, 0.29) is 22.6 Å². The molecule has 2 aliphatic heterocycles. The molecule has 0 aliphatic carbocycles. The fourth-order valence-electron chi connectivity index (χ4n) is 3.98. The first-order valence-corrected chi connectivity index (χ1v) is 12.1. The van der Waals surface area contributed by atoms with E-state index in [0.717, 1.165) is 5.56 Å². The van der Waals surface area contributed by atoms with Crippen molar-refractivity contribution in [2.75, 3.05) is 44.7 Å². The summed E-state index contributed by atoms with van der Waals surface area (Å²) in [5.41, 5.74) is 1.77. The van der Waals surface area contributed by atoms with Gasteiger partial charge in [0, 0.05) is 37.8 Å². The monoisotopic (exact) mass is 461 g/mol. The number of carbonyl (C=O) groups is 2. The quantitative estimate of drug-likeness (QED) is 0.730. The number of nitrogens with one attached hydrogen (secondary N) is 1. The van der Waals surface area contributed by atoms with Gasteiger partial charge in [-0.15, -0.1) is 0 Å². The number of carbonyl (C=O) groups excluding carboxylic acids is 2. The van der Waals surface area contributed by atoms with E-state index in [0.29, 0.717) is 63.5 Å². The van der Waals surface area contributed by atoms with Crippen LogP contribution in [-0.4, -0.2) is 68.8 Å². The number of sulfonamides is 1. The lowest BCUT2D eigenvalue weighted by atomic mass is 9.95. The van der Waals surface area contributed by atoms with E-state index in [2.05, 4.69) is 5.32 Å². The molecule has 9 nitrogen and oxygen atoms in total. The second-order valence-electron chi connectivity index (χ2n) is 8.06. The maximum atomic E-state index is 12.9. The number of morpholine rings is 1. The first-order valence-electron chi connectivity index (χ1n) is 10.7. The highest BCUT2D eigenvalue weighted by molar-refractivity contribution is 7.89. The average Bonchev–Trinajstić information content (AvgIpc) is 3.35. The minimum atomic E-state index is -3.65. The Morgan fingerprint density at radius 3 is 2.44 bits per heavy atom. The van der Waals surface area contributed by atoms with Gasteiger partial charge in [-0.1, -0.05) is 6.07 Å². The summed E-state index contributed by atoms with van der Waals surface area (Å²) >= 11 is 0. The third-order valence-electron chi connectivity index (χ3n) is 6.00. The third kappa shape index (κ3) is 4.72. The van der Waals surface area contributed by atoms with Gasteiger partial charge in [0.1, 0.15) is 6.26 Å². The van der Waals surface area contributed by atoms with E-state index < -0.39 is 10.0 Å². The zero-order chi connectivity index (χ0) is 22.7. The Balaban J connectivity index is 1.40. The predicted octanol–water partition coefficient (Wildman–Crippen LogP) is 2.10. The zero-order valence-electron chi connectivity index (χ0n) is 18.0. The molecule has 0 radical (unpaired) electrons. The number of hydrogen-bond acceptors (Lipinski definition) is 6. The Hall–Kier alpha value is -2.69. The van der Waals surface area contributed by atoms with Crippen molar-refractivity contribution in [2.24, 2.45) is 5.92 Å². The molecule has 172 valence electrons. The molecule has 3 heterocycles. The summed E-state index contributed by atoms with van der Waals surface area (Å²) in [6.07, 6.45) is 3.96. The average molecular weight is 462 g/mol. The molecule has 10 heteroatoms. The topological polar surface area (TPSA) is 109 Å². The Labute approximate surface area is 187 Å². The smallest absolute Gasteiger partial charge is 0.257 e. The molecule has 0 spiro atoms. The summed E-state index contributed by atoms with van der Waals surface area (Å²) in [6, 6.07) is 6.42. The fourth-order valence-corrected chi connectivity index (χ4v) is 5.42. The molecule has 2 aromatic rings. The van der Waals surface area contributed by atoms with E-state index in [1.54, 1.807) is 23.1 Å². The summed E-state index contributed by atoms with van der Waals surface area (Å²) in [6.45, 7) is 4.15. The van der Waals surface area contributed by atoms with E-state index in [4.69, 9.17) is 9.15 Å². The van der Waals surface area contributed by atoms with Gasteiger partial charge in [0.25, 0.3) is 5.91 Å². The van der Waals surface area contributed by atoms with Crippen molar-refractivity contribution >= 4 is 27.5 Å². The van der Waals surface area contributed by atoms with E-state index in [1.807, 2.05) is 6.92 Å². The number of benzene rings is 1. The number of furan rings is 1. The van der Waals surface area contributed by atoms with Crippen LogP contribution in [0.4, 0.5) is 5.69 Å². The Kier molecular flexibility index (Phi) is 6.63. The predicted molar refractivity (Wildman–Crippen MR) is 117 cm³/mol. The number of rotatable bonds is 5. The van der Waals surface area contributed by atoms with E-state index in [9.17, 15) is 18.0 Å². The van der Waals surface area contributed by atoms with Gasteiger partial charge in [-0.2, -0.15) is 4.31 Å². The minimum absolute atomic E-state index is 0.102. The van der Waals surface area contributed by atoms with Crippen molar-refractivity contribution in [2.45, 2.75) is 24.7 Å². The van der Waals surface area contributed by atoms with Gasteiger partial charge in [0.05, 0.1) is 29.9 Å². The Morgan fingerprint density at radius 2 is 1.78 bits per heavy atom. The lowest BCUT2D eigenvalue weighted by molar-refractivity contribution is -0.121. The summed E-state index contributed by atoms with van der Waals surface area (Å²) in [4.78, 5) is 27.2. The normalized spacial score (nSPS) is 18.5. The van der Waals surface area contributed by atoms with Crippen LogP contribution in [-0.2, 0) is 19.6 Å². The zero-order valence-corrected chi connectivity index (χ0v) is 18.8. The summed E-state index contributed by atoms with van der Waals surface area (Å²) < 4.78 is 37.5. The molecule has 0 atom stereocenters. The standard InChI is InChI=1S/C22H27N3O6S/c1-16-2-3-19(32(28,29)25-9-12-30-13-10-25)14-20(16)23-21(26)17-4-7-24(8-5-17)22(27)18-6-11-31-15-18/h2-3,6,11,14-15,17H,4-5,7-10,12-13H2,1H3,(H,23,26). The molecule has 0 bridgehead atoms. The van der Waals surface area contributed by atoms with Crippen LogP contribution in [0.1, 0.15) is 28.8 Å². The van der Waals surface area contributed by atoms with Crippen molar-refractivity contribution in [1.82, 2.24) is 9.21 Å². The van der Waals surface area contributed by atoms with Gasteiger partial charge in [0.2, 0.25) is 15.9 Å². The van der Waals surface area contributed by atoms with Crippen molar-refractivity contribution in [1.29, 1.82) is 0 Å². The molecular formula is C22H27N3O6S. The molecule has 2 fully saturated rings. The van der Waals surface area contributed by atoms with E-state index in [1.165, 1.54) is 22.9 Å². The molecule has 1 N–H and O–H groups in total. The minimum Gasteiger partial charge on any atom is -0.472 e. The molecule has 4 rings (SSSR count). The van der Waals surface area contributed by atoms with Crippen molar-refractivity contribution in [3.05, 3.63) is 47.9 Å². The van der Waals surface area contributed by atoms with Gasteiger partial charge in [-0.3, -0.25) is 9.59 Å². The molecule has 2 saturated heterocycles. The van der Waals surface area contributed by atoms with Crippen LogP contribution in [0.15, 0.2) is 46.1 Å². The van der Waals surface area contributed by atoms with Crippen molar-refractivity contribution in [3.63, 3.8) is 0 Å². The number of amides is 2. The molecular weight excluding hydrogens is 434 g/mol. The number of aryl methyl sites for hydroxylation is 1. The van der Waals surface area contributed by atoms with Crippen LogP contribution in [0.25, 0.3) is 0 Å². The van der Waals surface area contributed by atoms with Crippen molar-refractivity contribution < 1.29 is 27.2 Å². The van der Waals surface area contributed by atoms with Crippen LogP contribution >= 0.6 is 0 Å². The van der Waals surface area contributed by atoms with Gasteiger partial charge >= 0.3 is 0 Å². The number of hydrogen-bond donors (Lipinski definition) is 1. The van der Waals surface area contributed by atoms with Gasteiger partial charge in [0.15, 0.2) is 0 Å². The first-order chi connectivity index (χ1) is 15.4. The van der Waals surface area contributed by atoms with Crippen LogP contribution < -0.4 is 5.32 Å². The number of piperidine rings is 1. The van der Waals surface area contributed by atoms with E-state index >= 15 is 0 Å². The molecule has 1 aromatic heterocycles. The van der Waals surface area contributed by atoms with Crippen molar-refractivity contribution in [3.8, 4) is 0 Å². The van der Waals surface area contributed by atoms with Crippen LogP contribution in [0, 0.1) is 12.8 Å². The van der Waals surface area contributed by atoms with Gasteiger partial charge < -0.3 is 19.4 Å². The molecule has 2 aliphatic rings. The highest BCUT2D eigenvalue weighted by atomic mass is 32.2. The largest absolute Gasteiger partial charge is 0.472 e. The first kappa shape index (κ1) is 22.5. The molecule has 0 unspecified atom stereocenters. The lowest BCUT2D eigenvalue weighted by Crippen LogP contribution is -2.41. The Bertz CT molecular complexity index is 1070. The fraction of sp³-hybridized carbons (Fsp3) is 0.455. The summed E-state index contributed by atoms with van der Waals surface area (Å²) in [5, 5.41) is 2.90. The van der Waals surface area contributed by atoms with Gasteiger partial charge in [-0.05, 0) is 43.5 Å². The highest BCUT2D eigenvalue weighted by Gasteiger charge is 2.30.